The van der Waals surface area contributed by atoms with Gasteiger partial charge in [0.15, 0.2) is 0 Å². The quantitative estimate of drug-likeness (QED) is 0.416. The largest absolute Gasteiger partial charge is 0.390 e. The molecule has 9 atom stereocenters. The zero-order valence-electron chi connectivity index (χ0n) is 15.6. The predicted molar refractivity (Wildman–Crippen MR) is 108 cm³/mol. The number of aliphatic hydroxyl groups is 3. The van der Waals surface area contributed by atoms with Crippen LogP contribution in [-0.4, -0.2) is 43.3 Å². The maximum Gasteiger partial charge on any atom is 0.0915 e. The topological polar surface area (TPSA) is 60.7 Å². The van der Waals surface area contributed by atoms with Crippen molar-refractivity contribution in [1.82, 2.24) is 0 Å². The van der Waals surface area contributed by atoms with Crippen LogP contribution in [0.5, 0.6) is 0 Å². The van der Waals surface area contributed by atoms with E-state index in [0.717, 1.165) is 18.2 Å². The second-order valence-corrected chi connectivity index (χ2v) is 11.1. The molecule has 0 amide bonds. The number of aliphatic hydroxyl groups excluding tert-OH is 2. The first-order valence-electron chi connectivity index (χ1n) is 9.49. The molecule has 0 heterocycles. The van der Waals surface area contributed by atoms with Crippen molar-refractivity contribution in [3.63, 3.8) is 0 Å². The molecule has 1 unspecified atom stereocenters. The summed E-state index contributed by atoms with van der Waals surface area (Å²) >= 11 is 7.60. The van der Waals surface area contributed by atoms with Crippen LogP contribution in [0, 0.1) is 34.5 Å². The van der Waals surface area contributed by atoms with Gasteiger partial charge in [-0.25, -0.2) is 0 Å². The number of hydrogen-bond acceptors (Lipinski definition) is 3. The van der Waals surface area contributed by atoms with Gasteiger partial charge in [0.05, 0.1) is 17.8 Å². The van der Waals surface area contributed by atoms with E-state index in [0.29, 0.717) is 18.3 Å². The molecule has 144 valence electrons. The highest BCUT2D eigenvalue weighted by molar-refractivity contribution is 9.09. The van der Waals surface area contributed by atoms with Crippen LogP contribution in [0.15, 0.2) is 12.2 Å². The van der Waals surface area contributed by atoms with Crippen LogP contribution in [0.1, 0.15) is 47.0 Å². The lowest BCUT2D eigenvalue weighted by atomic mass is 9.41. The summed E-state index contributed by atoms with van der Waals surface area (Å²) < 4.78 is 0. The van der Waals surface area contributed by atoms with Gasteiger partial charge < -0.3 is 15.3 Å². The molecule has 0 aromatic rings. The highest BCUT2D eigenvalue weighted by Crippen LogP contribution is 2.67. The van der Waals surface area contributed by atoms with Crippen LogP contribution in [0.3, 0.4) is 0 Å². The molecule has 0 aromatic carbocycles. The molecule has 25 heavy (non-hydrogen) atoms. The summed E-state index contributed by atoms with van der Waals surface area (Å²) in [7, 11) is 0. The molecule has 0 aromatic heterocycles. The molecular weight excluding hydrogens is 448 g/mol. The summed E-state index contributed by atoms with van der Waals surface area (Å²) in [6.45, 7) is 8.48. The normalized spacial score (nSPS) is 55.8. The summed E-state index contributed by atoms with van der Waals surface area (Å²) in [6.07, 6.45) is 5.31. The lowest BCUT2D eigenvalue weighted by Gasteiger charge is -2.67. The molecule has 0 aliphatic heterocycles. The van der Waals surface area contributed by atoms with E-state index in [2.05, 4.69) is 58.7 Å². The lowest BCUT2D eigenvalue weighted by molar-refractivity contribution is -0.235. The van der Waals surface area contributed by atoms with Crippen molar-refractivity contribution in [3.05, 3.63) is 12.2 Å². The molecule has 3 nitrogen and oxygen atoms in total. The van der Waals surface area contributed by atoms with Crippen molar-refractivity contribution >= 4 is 31.9 Å². The van der Waals surface area contributed by atoms with Crippen LogP contribution in [-0.2, 0) is 0 Å². The minimum Gasteiger partial charge on any atom is -0.390 e. The first kappa shape index (κ1) is 20.3. The monoisotopic (exact) mass is 478 g/mol. The van der Waals surface area contributed by atoms with Crippen LogP contribution in [0.25, 0.3) is 0 Å². The van der Waals surface area contributed by atoms with Gasteiger partial charge in [-0.15, -0.1) is 0 Å². The van der Waals surface area contributed by atoms with Gasteiger partial charge in [-0.2, -0.15) is 0 Å². The number of rotatable bonds is 2. The van der Waals surface area contributed by atoms with Crippen molar-refractivity contribution in [2.75, 3.05) is 5.33 Å². The predicted octanol–water partition coefficient (Wildman–Crippen LogP) is 3.88. The Kier molecular flexibility index (Phi) is 5.35. The number of fused-ring (bicyclic) bond motifs is 3. The Balaban J connectivity index is 2.17. The van der Waals surface area contributed by atoms with Crippen molar-refractivity contribution in [3.8, 4) is 0 Å². The van der Waals surface area contributed by atoms with Gasteiger partial charge in [-0.1, -0.05) is 64.8 Å². The molecule has 2 saturated carbocycles. The van der Waals surface area contributed by atoms with Crippen LogP contribution < -0.4 is 0 Å². The average molecular weight is 480 g/mol. The van der Waals surface area contributed by atoms with Gasteiger partial charge in [0, 0.05) is 22.0 Å². The third-order valence-electron chi connectivity index (χ3n) is 7.83. The van der Waals surface area contributed by atoms with E-state index in [4.69, 9.17) is 0 Å². The van der Waals surface area contributed by atoms with Crippen molar-refractivity contribution in [1.29, 1.82) is 0 Å². The van der Waals surface area contributed by atoms with E-state index >= 15 is 0 Å². The molecule has 0 saturated heterocycles. The summed E-state index contributed by atoms with van der Waals surface area (Å²) in [5.41, 5.74) is -1.45. The Hall–Kier alpha value is 0.580. The second-order valence-electron chi connectivity index (χ2n) is 9.47. The third-order valence-corrected chi connectivity index (χ3v) is 10.3. The zero-order chi connectivity index (χ0) is 18.8. The molecule has 0 radical (unpaired) electrons. The van der Waals surface area contributed by atoms with Crippen LogP contribution in [0.4, 0.5) is 0 Å². The molecule has 0 bridgehead atoms. The van der Waals surface area contributed by atoms with Crippen LogP contribution >= 0.6 is 31.9 Å². The molecule has 3 aliphatic carbocycles. The van der Waals surface area contributed by atoms with E-state index in [1.165, 1.54) is 0 Å². The lowest BCUT2D eigenvalue weighted by Crippen LogP contribution is -2.70. The van der Waals surface area contributed by atoms with Gasteiger partial charge in [0.1, 0.15) is 0 Å². The molecule has 3 N–H and O–H groups in total. The fraction of sp³-hybridized carbons (Fsp3) is 0.900. The maximum atomic E-state index is 11.4. The highest BCUT2D eigenvalue weighted by Gasteiger charge is 2.67. The summed E-state index contributed by atoms with van der Waals surface area (Å²) in [5, 5.41) is 33.9. The van der Waals surface area contributed by atoms with Crippen molar-refractivity contribution < 1.29 is 15.3 Å². The zero-order valence-corrected chi connectivity index (χ0v) is 18.8. The number of alkyl halides is 2. The molecule has 0 spiro atoms. The average Bonchev–Trinajstić information content (AvgIpc) is 2.53. The Morgan fingerprint density at radius 2 is 1.80 bits per heavy atom. The van der Waals surface area contributed by atoms with E-state index in [-0.39, 0.29) is 27.5 Å². The minimum atomic E-state index is -1.20. The Bertz CT molecular complexity index is 549. The summed E-state index contributed by atoms with van der Waals surface area (Å²) in [5.74, 6) is 0.577. The van der Waals surface area contributed by atoms with Gasteiger partial charge in [-0.3, -0.25) is 0 Å². The van der Waals surface area contributed by atoms with E-state index in [9.17, 15) is 15.3 Å². The number of hydrogen-bond donors (Lipinski definition) is 3. The van der Waals surface area contributed by atoms with Crippen LogP contribution in [0.2, 0.25) is 0 Å². The Morgan fingerprint density at radius 3 is 2.36 bits per heavy atom. The Morgan fingerprint density at radius 1 is 1.16 bits per heavy atom. The second kappa shape index (κ2) is 6.58. The molecule has 2 fully saturated rings. The fourth-order valence-electron chi connectivity index (χ4n) is 6.46. The molecule has 5 heteroatoms. The van der Waals surface area contributed by atoms with E-state index in [1.807, 2.05) is 6.08 Å². The maximum absolute atomic E-state index is 11.4. The van der Waals surface area contributed by atoms with Gasteiger partial charge >= 0.3 is 0 Å². The summed E-state index contributed by atoms with van der Waals surface area (Å²) in [4.78, 5) is 0.143. The molecular formula is C20H32Br2O3. The van der Waals surface area contributed by atoms with E-state index in [1.54, 1.807) is 6.92 Å². The SMILES string of the molecule is CC(C)[C@@H]1C=C[C@H](O)[C@H]2[C@@H]3C(C)(O)[C@@H](O)C[C@H](Br)[C@@]3(C)CC[C@@]21CBr. The minimum absolute atomic E-state index is 0.0759. The standard InChI is InChI=1S/C20H32Br2O3/c1-11(2)12-5-6-13(23)16-17-18(3,7-8-20(12,16)10-21)14(22)9-15(24)19(17,4)25/h5-6,11-17,23-25H,7-10H2,1-4H3/t12-,13-,14-,15-,16-,17-,18+,19?,20-/m0/s1. The first-order valence-corrected chi connectivity index (χ1v) is 11.5. The van der Waals surface area contributed by atoms with Crippen molar-refractivity contribution in [2.45, 2.75) is 69.6 Å². The number of allylic oxidation sites excluding steroid dienone is 1. The molecule has 3 aliphatic rings. The number of halogens is 2. The highest BCUT2D eigenvalue weighted by atomic mass is 79.9. The Labute approximate surface area is 168 Å². The fourth-order valence-corrected chi connectivity index (χ4v) is 8.36. The third kappa shape index (κ3) is 2.74. The van der Waals surface area contributed by atoms with Crippen molar-refractivity contribution in [2.24, 2.45) is 34.5 Å². The molecule has 3 rings (SSSR count). The smallest absolute Gasteiger partial charge is 0.0915 e. The van der Waals surface area contributed by atoms with Gasteiger partial charge in [-0.05, 0) is 48.9 Å². The van der Waals surface area contributed by atoms with Gasteiger partial charge in [0.25, 0.3) is 0 Å². The summed E-state index contributed by atoms with van der Waals surface area (Å²) in [6, 6.07) is 0. The first-order chi connectivity index (χ1) is 11.5. The van der Waals surface area contributed by atoms with E-state index < -0.39 is 17.8 Å². The van der Waals surface area contributed by atoms with Gasteiger partial charge in [0.2, 0.25) is 0 Å².